The second-order valence-electron chi connectivity index (χ2n) is 5.40. The quantitative estimate of drug-likeness (QED) is 0.721. The van der Waals surface area contributed by atoms with Crippen molar-refractivity contribution in [2.24, 2.45) is 5.92 Å². The van der Waals surface area contributed by atoms with Crippen LogP contribution in [0.1, 0.15) is 46.0 Å². The number of Topliss-reactive ketones (excluding diaryl/α,β-unsaturated/α-hetero) is 1. The fourth-order valence-electron chi connectivity index (χ4n) is 2.30. The number of carbonyl (C=O) groups is 1. The van der Waals surface area contributed by atoms with E-state index in [-0.39, 0.29) is 0 Å². The molecule has 2 aliphatic rings. The molecule has 1 saturated carbocycles. The summed E-state index contributed by atoms with van der Waals surface area (Å²) in [5.74, 6) is 0.189. The van der Waals surface area contributed by atoms with Crippen molar-refractivity contribution in [2.45, 2.75) is 57.8 Å². The molecule has 4 nitrogen and oxygen atoms in total. The largest absolute Gasteiger partial charge is 0.366 e. The van der Waals surface area contributed by atoms with Gasteiger partial charge in [0, 0.05) is 26.0 Å². The minimum absolute atomic E-state index is 0.476. The van der Waals surface area contributed by atoms with Crippen molar-refractivity contribution >= 4 is 5.78 Å². The van der Waals surface area contributed by atoms with Gasteiger partial charge >= 0.3 is 0 Å². The van der Waals surface area contributed by atoms with Crippen molar-refractivity contribution in [3.05, 3.63) is 0 Å². The van der Waals surface area contributed by atoms with E-state index in [4.69, 9.17) is 5.11 Å². The molecule has 2 N–H and O–H groups in total. The lowest BCUT2D eigenvalue weighted by atomic mass is 9.97. The van der Waals surface area contributed by atoms with Gasteiger partial charge in [-0.25, -0.2) is 0 Å². The molecular formula is C13H25NO3. The van der Waals surface area contributed by atoms with Crippen molar-refractivity contribution in [1.82, 2.24) is 5.32 Å². The molecule has 1 aliphatic heterocycles. The van der Waals surface area contributed by atoms with Gasteiger partial charge in [-0.05, 0) is 45.6 Å². The molecule has 2 fully saturated rings. The smallest absolute Gasteiger partial charge is 0.159 e. The molecule has 0 aromatic rings. The van der Waals surface area contributed by atoms with Gasteiger partial charge in [-0.1, -0.05) is 0 Å². The number of ether oxygens (including phenoxy) is 1. The standard InChI is InChI=1S/C9H15NO.C4H10O2/c11-8-4-3-7(6-8)9-2-1-5-10-9;1-4(2,5)6-3/h7,9-10H,1-6H2;5H,1-3H3. The molecule has 100 valence electrons. The maximum atomic E-state index is 11.0. The van der Waals surface area contributed by atoms with E-state index >= 15 is 0 Å². The molecule has 2 rings (SSSR count). The minimum atomic E-state index is -0.958. The van der Waals surface area contributed by atoms with Crippen molar-refractivity contribution in [2.75, 3.05) is 13.7 Å². The van der Waals surface area contributed by atoms with Crippen LogP contribution in [0.25, 0.3) is 0 Å². The monoisotopic (exact) mass is 243 g/mol. The number of carbonyl (C=O) groups excluding carboxylic acids is 1. The number of aliphatic hydroxyl groups is 1. The van der Waals surface area contributed by atoms with E-state index in [1.54, 1.807) is 13.8 Å². The van der Waals surface area contributed by atoms with E-state index in [0.29, 0.717) is 17.7 Å². The molecule has 2 atom stereocenters. The van der Waals surface area contributed by atoms with Gasteiger partial charge in [-0.15, -0.1) is 0 Å². The second-order valence-corrected chi connectivity index (χ2v) is 5.40. The molecule has 0 aromatic carbocycles. The Kier molecular flexibility index (Phi) is 5.56. The van der Waals surface area contributed by atoms with Crippen molar-refractivity contribution in [1.29, 1.82) is 0 Å². The highest BCUT2D eigenvalue weighted by atomic mass is 16.6. The van der Waals surface area contributed by atoms with E-state index in [1.807, 2.05) is 0 Å². The SMILES string of the molecule is COC(C)(C)O.O=C1CCC(C2CCCN2)C1. The first kappa shape index (κ1) is 14.6. The molecule has 4 heteroatoms. The first-order valence-corrected chi connectivity index (χ1v) is 6.45. The van der Waals surface area contributed by atoms with Gasteiger partial charge in [0.2, 0.25) is 0 Å². The predicted octanol–water partition coefficient (Wildman–Crippen LogP) is 1.47. The summed E-state index contributed by atoms with van der Waals surface area (Å²) in [5.41, 5.74) is 0. The third-order valence-corrected chi connectivity index (χ3v) is 3.45. The molecule has 0 aromatic heterocycles. The fourth-order valence-corrected chi connectivity index (χ4v) is 2.30. The highest BCUT2D eigenvalue weighted by Crippen LogP contribution is 2.28. The van der Waals surface area contributed by atoms with E-state index in [9.17, 15) is 4.79 Å². The first-order valence-electron chi connectivity index (χ1n) is 6.45. The Morgan fingerprint density at radius 3 is 2.41 bits per heavy atom. The van der Waals surface area contributed by atoms with Crippen LogP contribution >= 0.6 is 0 Å². The van der Waals surface area contributed by atoms with E-state index < -0.39 is 5.79 Å². The summed E-state index contributed by atoms with van der Waals surface area (Å²) in [6.45, 7) is 4.31. The van der Waals surface area contributed by atoms with Crippen molar-refractivity contribution < 1.29 is 14.6 Å². The predicted molar refractivity (Wildman–Crippen MR) is 66.7 cm³/mol. The van der Waals surface area contributed by atoms with Crippen molar-refractivity contribution in [3.8, 4) is 0 Å². The number of rotatable bonds is 2. The van der Waals surface area contributed by atoms with E-state index in [0.717, 1.165) is 25.8 Å². The lowest BCUT2D eigenvalue weighted by Crippen LogP contribution is -2.28. The summed E-state index contributed by atoms with van der Waals surface area (Å²) >= 11 is 0. The van der Waals surface area contributed by atoms with Gasteiger partial charge in [0.1, 0.15) is 5.78 Å². The number of hydrogen-bond acceptors (Lipinski definition) is 4. The average molecular weight is 243 g/mol. The van der Waals surface area contributed by atoms with E-state index in [2.05, 4.69) is 10.1 Å². The molecule has 0 spiro atoms. The average Bonchev–Trinajstić information content (AvgIpc) is 2.87. The topological polar surface area (TPSA) is 58.6 Å². The summed E-state index contributed by atoms with van der Waals surface area (Å²) in [6.07, 6.45) is 5.41. The Morgan fingerprint density at radius 1 is 1.41 bits per heavy atom. The summed E-state index contributed by atoms with van der Waals surface area (Å²) in [7, 11) is 1.46. The van der Waals surface area contributed by atoms with Gasteiger partial charge in [-0.3, -0.25) is 4.79 Å². The second kappa shape index (κ2) is 6.47. The summed E-state index contributed by atoms with van der Waals surface area (Å²) in [4.78, 5) is 11.0. The normalized spacial score (nSPS) is 29.1. The molecule has 0 amide bonds. The van der Waals surface area contributed by atoms with Crippen LogP contribution in [0, 0.1) is 5.92 Å². The highest BCUT2D eigenvalue weighted by molar-refractivity contribution is 5.80. The van der Waals surface area contributed by atoms with Crippen LogP contribution in [0.15, 0.2) is 0 Å². The van der Waals surface area contributed by atoms with Gasteiger partial charge in [0.25, 0.3) is 0 Å². The van der Waals surface area contributed by atoms with Crippen molar-refractivity contribution in [3.63, 3.8) is 0 Å². The minimum Gasteiger partial charge on any atom is -0.366 e. The Hall–Kier alpha value is -0.450. The number of nitrogens with one attached hydrogen (secondary N) is 1. The van der Waals surface area contributed by atoms with Crippen LogP contribution in [0.5, 0.6) is 0 Å². The molecule has 1 saturated heterocycles. The van der Waals surface area contributed by atoms with Crippen LogP contribution in [-0.2, 0) is 9.53 Å². The maximum absolute atomic E-state index is 11.0. The zero-order valence-electron chi connectivity index (χ0n) is 11.2. The fraction of sp³-hybridized carbons (Fsp3) is 0.923. The third kappa shape index (κ3) is 5.61. The number of ketones is 1. The van der Waals surface area contributed by atoms with Gasteiger partial charge in [0.05, 0.1) is 0 Å². The van der Waals surface area contributed by atoms with Gasteiger partial charge < -0.3 is 15.2 Å². The lowest BCUT2D eigenvalue weighted by molar-refractivity contribution is -0.155. The molecule has 0 bridgehead atoms. The highest BCUT2D eigenvalue weighted by Gasteiger charge is 2.30. The number of methoxy groups -OCH3 is 1. The van der Waals surface area contributed by atoms with Crippen LogP contribution in [0.2, 0.25) is 0 Å². The molecule has 0 radical (unpaired) electrons. The zero-order valence-corrected chi connectivity index (χ0v) is 11.2. The number of hydrogen-bond donors (Lipinski definition) is 2. The molecule has 2 unspecified atom stereocenters. The Bertz CT molecular complexity index is 242. The van der Waals surface area contributed by atoms with Crippen LogP contribution in [-0.4, -0.2) is 36.4 Å². The molecular weight excluding hydrogens is 218 g/mol. The zero-order chi connectivity index (χ0) is 12.9. The molecule has 17 heavy (non-hydrogen) atoms. The molecule has 1 heterocycles. The Balaban J connectivity index is 0.000000209. The summed E-state index contributed by atoms with van der Waals surface area (Å²) in [6, 6.07) is 0.668. The van der Waals surface area contributed by atoms with Gasteiger partial charge in [-0.2, -0.15) is 0 Å². The summed E-state index contributed by atoms with van der Waals surface area (Å²) < 4.78 is 4.49. The van der Waals surface area contributed by atoms with Crippen LogP contribution in [0.4, 0.5) is 0 Å². The Labute approximate surface area is 104 Å². The molecule has 1 aliphatic carbocycles. The third-order valence-electron chi connectivity index (χ3n) is 3.45. The first-order chi connectivity index (χ1) is 7.92. The van der Waals surface area contributed by atoms with Crippen LogP contribution < -0.4 is 5.32 Å². The van der Waals surface area contributed by atoms with E-state index in [1.165, 1.54) is 20.0 Å². The lowest BCUT2D eigenvalue weighted by Gasteiger charge is -2.16. The maximum Gasteiger partial charge on any atom is 0.159 e. The Morgan fingerprint density at radius 2 is 2.06 bits per heavy atom. The van der Waals surface area contributed by atoms with Gasteiger partial charge in [0.15, 0.2) is 5.79 Å². The summed E-state index contributed by atoms with van der Waals surface area (Å²) in [5, 5.41) is 12.1. The van der Waals surface area contributed by atoms with Crippen LogP contribution in [0.3, 0.4) is 0 Å².